The molecule has 0 aliphatic carbocycles. The van der Waals surface area contributed by atoms with E-state index < -0.39 is 0 Å². The predicted octanol–water partition coefficient (Wildman–Crippen LogP) is 3.65. The molecule has 0 spiro atoms. The first-order valence-electron chi connectivity index (χ1n) is 4.92. The Morgan fingerprint density at radius 2 is 1.93 bits per heavy atom. The molecule has 0 heterocycles. The Labute approximate surface area is 90.1 Å². The first-order chi connectivity index (χ1) is 6.63. The second kappa shape index (κ2) is 5.16. The summed E-state index contributed by atoms with van der Waals surface area (Å²) < 4.78 is 0. The summed E-state index contributed by atoms with van der Waals surface area (Å²) in [4.78, 5) is 10.8. The lowest BCUT2D eigenvalue weighted by atomic mass is 9.98. The van der Waals surface area contributed by atoms with Crippen LogP contribution < -0.4 is 0 Å². The highest BCUT2D eigenvalue weighted by atomic mass is 35.5. The van der Waals surface area contributed by atoms with Crippen molar-refractivity contribution in [1.82, 2.24) is 0 Å². The molecule has 0 saturated heterocycles. The minimum atomic E-state index is -0.389. The van der Waals surface area contributed by atoms with E-state index in [0.717, 1.165) is 6.42 Å². The third-order valence-electron chi connectivity index (χ3n) is 2.46. The van der Waals surface area contributed by atoms with Gasteiger partial charge in [0.1, 0.15) is 0 Å². The fourth-order valence-corrected chi connectivity index (χ4v) is 1.44. The Morgan fingerprint density at radius 3 is 2.36 bits per heavy atom. The highest BCUT2D eigenvalue weighted by Crippen LogP contribution is 2.13. The average Bonchev–Trinajstić information content (AvgIpc) is 2.18. The molecule has 1 aromatic carbocycles. The maximum absolute atomic E-state index is 10.8. The molecule has 0 aromatic heterocycles. The van der Waals surface area contributed by atoms with Gasteiger partial charge in [0.2, 0.25) is 0 Å². The van der Waals surface area contributed by atoms with Gasteiger partial charge in [-0.3, -0.25) is 4.79 Å². The number of rotatable bonds is 4. The van der Waals surface area contributed by atoms with Gasteiger partial charge < -0.3 is 0 Å². The van der Waals surface area contributed by atoms with Crippen LogP contribution >= 0.6 is 11.6 Å². The van der Waals surface area contributed by atoms with E-state index in [1.807, 2.05) is 12.1 Å². The van der Waals surface area contributed by atoms with Crippen LogP contribution in [0, 0.1) is 5.92 Å². The van der Waals surface area contributed by atoms with Gasteiger partial charge in [-0.2, -0.15) is 0 Å². The Kier molecular flexibility index (Phi) is 4.15. The lowest BCUT2D eigenvalue weighted by Crippen LogP contribution is -1.98. The minimum Gasteiger partial charge on any atom is -0.276 e. The first-order valence-corrected chi connectivity index (χ1v) is 5.30. The molecule has 0 saturated carbocycles. The number of hydrogen-bond donors (Lipinski definition) is 0. The van der Waals surface area contributed by atoms with Gasteiger partial charge in [-0.25, -0.2) is 0 Å². The van der Waals surface area contributed by atoms with Crippen LogP contribution in [0.15, 0.2) is 24.3 Å². The molecule has 0 bridgehead atoms. The van der Waals surface area contributed by atoms with Gasteiger partial charge >= 0.3 is 0 Å². The molecular formula is C12H15ClO. The van der Waals surface area contributed by atoms with Crippen LogP contribution in [0.3, 0.4) is 0 Å². The van der Waals surface area contributed by atoms with Crippen LogP contribution in [0.4, 0.5) is 0 Å². The Morgan fingerprint density at radius 1 is 1.36 bits per heavy atom. The van der Waals surface area contributed by atoms with E-state index in [1.54, 1.807) is 12.1 Å². The zero-order valence-electron chi connectivity index (χ0n) is 8.59. The molecule has 0 fully saturated rings. The molecule has 1 nitrogen and oxygen atoms in total. The van der Waals surface area contributed by atoms with Crippen molar-refractivity contribution in [3.63, 3.8) is 0 Å². The smallest absolute Gasteiger partial charge is 0.252 e. The summed E-state index contributed by atoms with van der Waals surface area (Å²) >= 11 is 5.35. The summed E-state index contributed by atoms with van der Waals surface area (Å²) in [6.45, 7) is 4.40. The van der Waals surface area contributed by atoms with Gasteiger partial charge in [0.05, 0.1) is 0 Å². The second-order valence-corrected chi connectivity index (χ2v) is 4.03. The van der Waals surface area contributed by atoms with Crippen molar-refractivity contribution in [3.8, 4) is 0 Å². The van der Waals surface area contributed by atoms with Gasteiger partial charge in [0.15, 0.2) is 0 Å². The molecule has 0 aliphatic heterocycles. The Balaban J connectivity index is 2.68. The number of carbonyl (C=O) groups excluding carboxylic acids is 1. The zero-order chi connectivity index (χ0) is 10.6. The lowest BCUT2D eigenvalue weighted by Gasteiger charge is -2.07. The monoisotopic (exact) mass is 210 g/mol. The molecule has 0 amide bonds. The molecule has 0 unspecified atom stereocenters. The number of halogens is 1. The van der Waals surface area contributed by atoms with Crippen LogP contribution in [-0.2, 0) is 6.42 Å². The van der Waals surface area contributed by atoms with Crippen molar-refractivity contribution >= 4 is 16.8 Å². The summed E-state index contributed by atoms with van der Waals surface area (Å²) in [7, 11) is 0. The van der Waals surface area contributed by atoms with E-state index in [0.29, 0.717) is 11.5 Å². The summed E-state index contributed by atoms with van der Waals surface area (Å²) in [6.07, 6.45) is 2.24. The molecule has 1 aromatic rings. The molecule has 2 heteroatoms. The number of carbonyl (C=O) groups is 1. The SMILES string of the molecule is CC[C@H](C)Cc1ccc(C(=O)Cl)cc1. The molecule has 0 aliphatic rings. The summed E-state index contributed by atoms with van der Waals surface area (Å²) in [5.41, 5.74) is 1.83. The fraction of sp³-hybridized carbons (Fsp3) is 0.417. The van der Waals surface area contributed by atoms with Gasteiger partial charge in [-0.1, -0.05) is 32.4 Å². The quantitative estimate of drug-likeness (QED) is 0.694. The maximum atomic E-state index is 10.8. The van der Waals surface area contributed by atoms with Crippen molar-refractivity contribution < 1.29 is 4.79 Å². The van der Waals surface area contributed by atoms with E-state index in [1.165, 1.54) is 12.0 Å². The van der Waals surface area contributed by atoms with Gasteiger partial charge in [0, 0.05) is 5.56 Å². The lowest BCUT2D eigenvalue weighted by molar-refractivity contribution is 0.108. The largest absolute Gasteiger partial charge is 0.276 e. The molecular weight excluding hydrogens is 196 g/mol. The second-order valence-electron chi connectivity index (χ2n) is 3.69. The van der Waals surface area contributed by atoms with Crippen LogP contribution in [0.1, 0.15) is 36.2 Å². The molecule has 0 radical (unpaired) electrons. The van der Waals surface area contributed by atoms with Gasteiger partial charge in [-0.05, 0) is 41.6 Å². The topological polar surface area (TPSA) is 17.1 Å². The van der Waals surface area contributed by atoms with Crippen molar-refractivity contribution in [3.05, 3.63) is 35.4 Å². The summed E-state index contributed by atoms with van der Waals surface area (Å²) in [6, 6.07) is 7.52. The van der Waals surface area contributed by atoms with Gasteiger partial charge in [-0.15, -0.1) is 0 Å². The standard InChI is InChI=1S/C12H15ClO/c1-3-9(2)8-10-4-6-11(7-5-10)12(13)14/h4-7,9H,3,8H2,1-2H3/t9-/m0/s1. The van der Waals surface area contributed by atoms with E-state index >= 15 is 0 Å². The predicted molar refractivity (Wildman–Crippen MR) is 59.8 cm³/mol. The Hall–Kier alpha value is -0.820. The highest BCUT2D eigenvalue weighted by molar-refractivity contribution is 6.67. The summed E-state index contributed by atoms with van der Waals surface area (Å²) in [5, 5.41) is -0.389. The van der Waals surface area contributed by atoms with Gasteiger partial charge in [0.25, 0.3) is 5.24 Å². The normalized spacial score (nSPS) is 12.5. The molecule has 76 valence electrons. The molecule has 0 N–H and O–H groups in total. The number of hydrogen-bond acceptors (Lipinski definition) is 1. The Bertz CT molecular complexity index is 303. The maximum Gasteiger partial charge on any atom is 0.252 e. The van der Waals surface area contributed by atoms with Crippen LogP contribution in [0.5, 0.6) is 0 Å². The molecule has 14 heavy (non-hydrogen) atoms. The third kappa shape index (κ3) is 3.15. The van der Waals surface area contributed by atoms with Crippen molar-refractivity contribution in [2.45, 2.75) is 26.7 Å². The first kappa shape index (κ1) is 11.3. The molecule has 1 rings (SSSR count). The highest BCUT2D eigenvalue weighted by Gasteiger charge is 2.03. The molecule has 1 atom stereocenters. The van der Waals surface area contributed by atoms with E-state index in [4.69, 9.17) is 11.6 Å². The van der Waals surface area contributed by atoms with E-state index in [-0.39, 0.29) is 5.24 Å². The zero-order valence-corrected chi connectivity index (χ0v) is 9.34. The average molecular weight is 211 g/mol. The van der Waals surface area contributed by atoms with Crippen LogP contribution in [-0.4, -0.2) is 5.24 Å². The fourth-order valence-electron chi connectivity index (χ4n) is 1.32. The van der Waals surface area contributed by atoms with Crippen LogP contribution in [0.25, 0.3) is 0 Å². The third-order valence-corrected chi connectivity index (χ3v) is 2.68. The van der Waals surface area contributed by atoms with Crippen LogP contribution in [0.2, 0.25) is 0 Å². The number of benzene rings is 1. The van der Waals surface area contributed by atoms with E-state index in [2.05, 4.69) is 13.8 Å². The van der Waals surface area contributed by atoms with Crippen molar-refractivity contribution in [1.29, 1.82) is 0 Å². The van der Waals surface area contributed by atoms with Crippen molar-refractivity contribution in [2.24, 2.45) is 5.92 Å². The minimum absolute atomic E-state index is 0.389. The van der Waals surface area contributed by atoms with Crippen molar-refractivity contribution in [2.75, 3.05) is 0 Å². The summed E-state index contributed by atoms with van der Waals surface area (Å²) in [5.74, 6) is 0.688. The van der Waals surface area contributed by atoms with E-state index in [9.17, 15) is 4.79 Å².